The van der Waals surface area contributed by atoms with E-state index in [9.17, 15) is 4.79 Å². The van der Waals surface area contributed by atoms with Crippen LogP contribution in [0.25, 0.3) is 0 Å². The molecule has 6 heteroatoms. The number of pyridine rings is 1. The van der Waals surface area contributed by atoms with Gasteiger partial charge in [-0.1, -0.05) is 0 Å². The standard InChI is InChI=1S/C18H22N4O2/c1-13-7-15(10-19-9-13)18(23)22-5-6-24-17(11-22)4-3-16-8-14(2)20-12-21-16/h7-10,12,17H,3-6,11H2,1-2H3/t17-/m1/s1. The number of hydrogen-bond acceptors (Lipinski definition) is 5. The number of morpholine rings is 1. The number of ether oxygens (including phenoxy) is 1. The van der Waals surface area contributed by atoms with Crippen LogP contribution in [0, 0.1) is 13.8 Å². The van der Waals surface area contributed by atoms with E-state index in [0.717, 1.165) is 29.8 Å². The SMILES string of the molecule is Cc1cncc(C(=O)N2CCO[C@H](CCc3cc(C)ncn3)C2)c1. The Morgan fingerprint density at radius 2 is 2.17 bits per heavy atom. The van der Waals surface area contributed by atoms with Gasteiger partial charge in [0.2, 0.25) is 0 Å². The summed E-state index contributed by atoms with van der Waals surface area (Å²) in [5.41, 5.74) is 3.61. The Bertz CT molecular complexity index is 720. The van der Waals surface area contributed by atoms with E-state index in [1.165, 1.54) is 0 Å². The molecule has 126 valence electrons. The second kappa shape index (κ2) is 7.49. The summed E-state index contributed by atoms with van der Waals surface area (Å²) in [5, 5.41) is 0. The summed E-state index contributed by atoms with van der Waals surface area (Å²) in [7, 11) is 0. The van der Waals surface area contributed by atoms with Crippen LogP contribution >= 0.6 is 0 Å². The molecule has 3 rings (SSSR count). The third-order valence-corrected chi connectivity index (χ3v) is 4.13. The molecule has 2 aromatic heterocycles. The molecule has 1 aliphatic rings. The first-order valence-corrected chi connectivity index (χ1v) is 8.22. The topological polar surface area (TPSA) is 68.2 Å². The average molecular weight is 326 g/mol. The summed E-state index contributed by atoms with van der Waals surface area (Å²) in [6.45, 7) is 5.69. The van der Waals surface area contributed by atoms with Crippen molar-refractivity contribution < 1.29 is 9.53 Å². The first-order chi connectivity index (χ1) is 11.6. The van der Waals surface area contributed by atoms with Crippen molar-refractivity contribution in [1.82, 2.24) is 19.9 Å². The maximum absolute atomic E-state index is 12.6. The Hall–Kier alpha value is -2.34. The van der Waals surface area contributed by atoms with Crippen molar-refractivity contribution in [2.24, 2.45) is 0 Å². The highest BCUT2D eigenvalue weighted by Gasteiger charge is 2.25. The summed E-state index contributed by atoms with van der Waals surface area (Å²) in [5.74, 6) is 0.0254. The first-order valence-electron chi connectivity index (χ1n) is 8.22. The maximum atomic E-state index is 12.6. The fourth-order valence-corrected chi connectivity index (χ4v) is 2.89. The van der Waals surface area contributed by atoms with Crippen LogP contribution in [-0.4, -0.2) is 51.6 Å². The molecular weight excluding hydrogens is 304 g/mol. The molecule has 0 unspecified atom stereocenters. The van der Waals surface area contributed by atoms with E-state index in [4.69, 9.17) is 4.74 Å². The van der Waals surface area contributed by atoms with Gasteiger partial charge in [-0.25, -0.2) is 9.97 Å². The molecule has 1 amide bonds. The normalized spacial score (nSPS) is 17.8. The minimum absolute atomic E-state index is 0.0254. The lowest BCUT2D eigenvalue weighted by molar-refractivity contribution is -0.0247. The maximum Gasteiger partial charge on any atom is 0.255 e. The fourth-order valence-electron chi connectivity index (χ4n) is 2.89. The highest BCUT2D eigenvalue weighted by atomic mass is 16.5. The van der Waals surface area contributed by atoms with Gasteiger partial charge >= 0.3 is 0 Å². The Kier molecular flexibility index (Phi) is 5.15. The van der Waals surface area contributed by atoms with Gasteiger partial charge in [0, 0.05) is 36.9 Å². The first kappa shape index (κ1) is 16.5. The van der Waals surface area contributed by atoms with E-state index in [2.05, 4.69) is 15.0 Å². The van der Waals surface area contributed by atoms with Crippen molar-refractivity contribution in [1.29, 1.82) is 0 Å². The molecule has 0 aliphatic carbocycles. The molecule has 0 aromatic carbocycles. The Balaban J connectivity index is 1.59. The zero-order valence-electron chi connectivity index (χ0n) is 14.1. The molecule has 1 saturated heterocycles. The molecule has 1 fully saturated rings. The van der Waals surface area contributed by atoms with E-state index in [-0.39, 0.29) is 12.0 Å². The van der Waals surface area contributed by atoms with Gasteiger partial charge in [-0.3, -0.25) is 9.78 Å². The van der Waals surface area contributed by atoms with Crippen molar-refractivity contribution in [3.05, 3.63) is 53.4 Å². The smallest absolute Gasteiger partial charge is 0.255 e. The predicted molar refractivity (Wildman–Crippen MR) is 89.7 cm³/mol. The van der Waals surface area contributed by atoms with E-state index >= 15 is 0 Å². The highest BCUT2D eigenvalue weighted by Crippen LogP contribution is 2.15. The van der Waals surface area contributed by atoms with Gasteiger partial charge in [-0.05, 0) is 44.4 Å². The van der Waals surface area contributed by atoms with Gasteiger partial charge in [-0.2, -0.15) is 0 Å². The lowest BCUT2D eigenvalue weighted by atomic mass is 10.1. The average Bonchev–Trinajstić information content (AvgIpc) is 2.60. The molecule has 3 heterocycles. The van der Waals surface area contributed by atoms with Crippen LogP contribution in [0.15, 0.2) is 30.9 Å². The predicted octanol–water partition coefficient (Wildman–Crippen LogP) is 1.96. The third-order valence-electron chi connectivity index (χ3n) is 4.13. The Morgan fingerprint density at radius 3 is 2.96 bits per heavy atom. The van der Waals surface area contributed by atoms with Crippen LogP contribution in [0.5, 0.6) is 0 Å². The quantitative estimate of drug-likeness (QED) is 0.859. The largest absolute Gasteiger partial charge is 0.375 e. The van der Waals surface area contributed by atoms with Crippen LogP contribution < -0.4 is 0 Å². The summed E-state index contributed by atoms with van der Waals surface area (Å²) in [6, 6.07) is 3.87. The molecular formula is C18H22N4O2. The van der Waals surface area contributed by atoms with Crippen LogP contribution in [0.2, 0.25) is 0 Å². The molecule has 0 N–H and O–H groups in total. The molecule has 0 bridgehead atoms. The highest BCUT2D eigenvalue weighted by molar-refractivity contribution is 5.94. The van der Waals surface area contributed by atoms with Crippen LogP contribution in [0.4, 0.5) is 0 Å². The molecule has 2 aromatic rings. The van der Waals surface area contributed by atoms with Gasteiger partial charge in [0.05, 0.1) is 18.3 Å². The number of aryl methyl sites for hydroxylation is 3. The molecule has 0 saturated carbocycles. The number of rotatable bonds is 4. The Morgan fingerprint density at radius 1 is 1.29 bits per heavy atom. The molecule has 0 spiro atoms. The molecule has 1 atom stereocenters. The second-order valence-corrected chi connectivity index (χ2v) is 6.18. The van der Waals surface area contributed by atoms with Crippen molar-refractivity contribution in [2.45, 2.75) is 32.8 Å². The zero-order valence-corrected chi connectivity index (χ0v) is 14.1. The monoisotopic (exact) mass is 326 g/mol. The fraction of sp³-hybridized carbons (Fsp3) is 0.444. The lowest BCUT2D eigenvalue weighted by Gasteiger charge is -2.33. The second-order valence-electron chi connectivity index (χ2n) is 6.18. The number of carbonyl (C=O) groups is 1. The van der Waals surface area contributed by atoms with Crippen LogP contribution in [0.3, 0.4) is 0 Å². The number of nitrogens with zero attached hydrogens (tertiary/aromatic N) is 4. The summed E-state index contributed by atoms with van der Waals surface area (Å²) < 4.78 is 5.82. The minimum Gasteiger partial charge on any atom is -0.375 e. The molecule has 0 radical (unpaired) electrons. The van der Waals surface area contributed by atoms with Gasteiger partial charge in [0.25, 0.3) is 5.91 Å². The van der Waals surface area contributed by atoms with Crippen LogP contribution in [0.1, 0.15) is 33.7 Å². The molecule has 6 nitrogen and oxygen atoms in total. The summed E-state index contributed by atoms with van der Waals surface area (Å²) in [6.07, 6.45) is 6.67. The van der Waals surface area contributed by atoms with E-state index in [1.54, 1.807) is 18.7 Å². The van der Waals surface area contributed by atoms with Crippen LogP contribution in [-0.2, 0) is 11.2 Å². The van der Waals surface area contributed by atoms with Crippen molar-refractivity contribution in [2.75, 3.05) is 19.7 Å². The number of hydrogen-bond donors (Lipinski definition) is 0. The van der Waals surface area contributed by atoms with E-state index in [0.29, 0.717) is 25.3 Å². The van der Waals surface area contributed by atoms with Crippen molar-refractivity contribution >= 4 is 5.91 Å². The molecule has 1 aliphatic heterocycles. The minimum atomic E-state index is 0.0254. The van der Waals surface area contributed by atoms with Crippen molar-refractivity contribution in [3.63, 3.8) is 0 Å². The van der Waals surface area contributed by atoms with E-state index < -0.39 is 0 Å². The van der Waals surface area contributed by atoms with Crippen molar-refractivity contribution in [3.8, 4) is 0 Å². The Labute approximate surface area is 141 Å². The van der Waals surface area contributed by atoms with Gasteiger partial charge in [0.1, 0.15) is 6.33 Å². The number of carbonyl (C=O) groups excluding carboxylic acids is 1. The summed E-state index contributed by atoms with van der Waals surface area (Å²) in [4.78, 5) is 27.0. The summed E-state index contributed by atoms with van der Waals surface area (Å²) >= 11 is 0. The number of amides is 1. The molecule has 24 heavy (non-hydrogen) atoms. The zero-order chi connectivity index (χ0) is 16.9. The van der Waals surface area contributed by atoms with Gasteiger partial charge in [0.15, 0.2) is 0 Å². The van der Waals surface area contributed by atoms with Gasteiger partial charge in [-0.15, -0.1) is 0 Å². The third kappa shape index (κ3) is 4.14. The lowest BCUT2D eigenvalue weighted by Crippen LogP contribution is -2.45. The number of aromatic nitrogens is 3. The van der Waals surface area contributed by atoms with E-state index in [1.807, 2.05) is 30.9 Å². The van der Waals surface area contributed by atoms with Gasteiger partial charge < -0.3 is 9.64 Å².